The highest BCUT2D eigenvalue weighted by Gasteiger charge is 2.32. The largest absolute Gasteiger partial charge is 0.310 e. The minimum Gasteiger partial charge on any atom is -0.310 e. The van der Waals surface area contributed by atoms with Gasteiger partial charge in [0, 0.05) is 57.1 Å². The van der Waals surface area contributed by atoms with Crippen LogP contribution >= 0.6 is 0 Å². The van der Waals surface area contributed by atoms with Gasteiger partial charge in [0.05, 0.1) is 22.1 Å². The highest BCUT2D eigenvalue weighted by atomic mass is 15.0. The van der Waals surface area contributed by atoms with Gasteiger partial charge in [-0.2, -0.15) is 0 Å². The quantitative estimate of drug-likeness (QED) is 0.110. The minimum atomic E-state index is 0.237. The van der Waals surface area contributed by atoms with Crippen molar-refractivity contribution < 1.29 is 0 Å². The molecule has 0 bridgehead atoms. The fraction of sp³-hybridized carbons (Fsp3) is 0.270. The van der Waals surface area contributed by atoms with Crippen molar-refractivity contribution in [3.8, 4) is 11.4 Å². The number of piperidine rings is 4. The van der Waals surface area contributed by atoms with Crippen LogP contribution in [0.15, 0.2) is 218 Å². The van der Waals surface area contributed by atoms with Gasteiger partial charge in [0.1, 0.15) is 0 Å². The Kier molecular flexibility index (Phi) is 13.3. The zero-order chi connectivity index (χ0) is 52.9. The Bertz CT molecular complexity index is 3560. The third-order valence-corrected chi connectivity index (χ3v) is 19.2. The van der Waals surface area contributed by atoms with Crippen LogP contribution in [0, 0.1) is 0 Å². The molecule has 9 aromatic carbocycles. The molecule has 80 heavy (non-hydrogen) atoms. The van der Waals surface area contributed by atoms with Gasteiger partial charge in [-0.25, -0.2) is 0 Å². The number of rotatable bonds is 10. The molecule has 0 spiro atoms. The Morgan fingerprint density at radius 2 is 0.537 bits per heavy atom. The molecule has 2 aromatic heterocycles. The third kappa shape index (κ3) is 9.26. The van der Waals surface area contributed by atoms with E-state index in [1.54, 1.807) is 0 Å². The summed E-state index contributed by atoms with van der Waals surface area (Å²) in [5, 5.41) is 21.4. The smallest absolute Gasteiger partial charge is 0.0548 e. The van der Waals surface area contributed by atoms with Crippen LogP contribution in [0.3, 0.4) is 0 Å². The monoisotopic (exact) mass is 1040 g/mol. The Morgan fingerprint density at radius 3 is 0.838 bits per heavy atom. The maximum absolute atomic E-state index is 4.04. The standard InChI is InChI=1S/C74H72N6/c1-5-17-49(18-6-1)53-31-35-75-65(45-53)57-39-58(66-46-54(32-36-76-66)50-19-7-2-8-20-50)42-61(41-57)79-69-27-15-13-25-63(69)73-71(79)29-30-72-74(73)64-26-14-16-28-70(64)80(72)62-43-59(67-47-55(33-37-77-67)51-21-9-3-10-22-51)40-60(44-62)68-48-56(34-38-78-68)52-23-11-4-12-24-52/h1-30,39-44,53-56,65-68,75-78H,31-38,45-48H2. The number of nitrogens with zero attached hydrogens (tertiary/aromatic N) is 2. The van der Waals surface area contributed by atoms with Crippen molar-refractivity contribution in [1.29, 1.82) is 0 Å². The van der Waals surface area contributed by atoms with Crippen molar-refractivity contribution in [2.24, 2.45) is 0 Å². The molecule has 398 valence electrons. The predicted octanol–water partition coefficient (Wildman–Crippen LogP) is 16.7. The third-order valence-electron chi connectivity index (χ3n) is 19.2. The Balaban J connectivity index is 0.894. The Labute approximate surface area is 471 Å². The van der Waals surface area contributed by atoms with Crippen LogP contribution in [0.25, 0.3) is 55.0 Å². The summed E-state index contributed by atoms with van der Waals surface area (Å²) < 4.78 is 5.21. The molecule has 15 rings (SSSR count). The second kappa shape index (κ2) is 21.5. The Hall–Kier alpha value is -7.58. The van der Waals surface area contributed by atoms with E-state index in [1.165, 1.54) is 99.5 Å². The molecule has 8 atom stereocenters. The molecule has 4 aliphatic rings. The fourth-order valence-corrected chi connectivity index (χ4v) is 15.3. The molecule has 0 radical (unpaired) electrons. The summed E-state index contributed by atoms with van der Waals surface area (Å²) in [4.78, 5) is 0. The first kappa shape index (κ1) is 49.5. The van der Waals surface area contributed by atoms with Crippen LogP contribution in [-0.2, 0) is 0 Å². The van der Waals surface area contributed by atoms with Gasteiger partial charge in [0.25, 0.3) is 0 Å². The van der Waals surface area contributed by atoms with Gasteiger partial charge < -0.3 is 30.4 Å². The van der Waals surface area contributed by atoms with Gasteiger partial charge in [0.2, 0.25) is 0 Å². The van der Waals surface area contributed by atoms with E-state index in [1.807, 2.05) is 0 Å². The lowest BCUT2D eigenvalue weighted by atomic mass is 9.81. The van der Waals surface area contributed by atoms with E-state index in [-0.39, 0.29) is 24.2 Å². The molecule has 0 saturated carbocycles. The van der Waals surface area contributed by atoms with Crippen LogP contribution in [0.4, 0.5) is 0 Å². The molecule has 11 aromatic rings. The lowest BCUT2D eigenvalue weighted by Gasteiger charge is -2.34. The highest BCUT2D eigenvalue weighted by molar-refractivity contribution is 6.28. The van der Waals surface area contributed by atoms with Crippen LogP contribution in [0.1, 0.15) is 144 Å². The van der Waals surface area contributed by atoms with Gasteiger partial charge in [0.15, 0.2) is 0 Å². The van der Waals surface area contributed by atoms with E-state index in [0.717, 1.165) is 77.5 Å². The number of hydrogen-bond donors (Lipinski definition) is 4. The van der Waals surface area contributed by atoms with Crippen molar-refractivity contribution in [3.63, 3.8) is 0 Å². The molecule has 4 N–H and O–H groups in total. The second-order valence-electron chi connectivity index (χ2n) is 23.8. The molecule has 0 amide bonds. The number of benzene rings is 9. The number of nitrogens with one attached hydrogen (secondary N) is 4. The predicted molar refractivity (Wildman–Crippen MR) is 332 cm³/mol. The average molecular weight is 1050 g/mol. The minimum absolute atomic E-state index is 0.237. The molecule has 4 saturated heterocycles. The van der Waals surface area contributed by atoms with Crippen molar-refractivity contribution >= 4 is 43.6 Å². The van der Waals surface area contributed by atoms with Crippen LogP contribution in [0.2, 0.25) is 0 Å². The number of hydrogen-bond acceptors (Lipinski definition) is 4. The van der Waals surface area contributed by atoms with Gasteiger partial charge in [-0.3, -0.25) is 0 Å². The number of fused-ring (bicyclic) bond motifs is 7. The summed E-state index contributed by atoms with van der Waals surface area (Å²) in [6, 6.07) is 84.4. The van der Waals surface area contributed by atoms with E-state index in [9.17, 15) is 0 Å². The molecule has 6 heteroatoms. The summed E-state index contributed by atoms with van der Waals surface area (Å²) in [5.41, 5.74) is 18.8. The lowest BCUT2D eigenvalue weighted by molar-refractivity contribution is 0.362. The van der Waals surface area contributed by atoms with E-state index < -0.39 is 0 Å². The second-order valence-corrected chi connectivity index (χ2v) is 23.8. The van der Waals surface area contributed by atoms with Crippen LogP contribution in [-0.4, -0.2) is 35.3 Å². The molecular weight excluding hydrogens is 973 g/mol. The van der Waals surface area contributed by atoms with Crippen molar-refractivity contribution in [3.05, 3.63) is 263 Å². The summed E-state index contributed by atoms with van der Waals surface area (Å²) in [5.74, 6) is 2.04. The first-order valence-corrected chi connectivity index (χ1v) is 30.0. The van der Waals surface area contributed by atoms with Gasteiger partial charge in [-0.15, -0.1) is 0 Å². The normalized spacial score (nSPS) is 23.7. The van der Waals surface area contributed by atoms with Gasteiger partial charge in [-0.05, 0) is 194 Å². The summed E-state index contributed by atoms with van der Waals surface area (Å²) in [7, 11) is 0. The first-order valence-electron chi connectivity index (χ1n) is 30.0. The van der Waals surface area contributed by atoms with Gasteiger partial charge >= 0.3 is 0 Å². The van der Waals surface area contributed by atoms with Crippen LogP contribution in [0.5, 0.6) is 0 Å². The molecule has 8 unspecified atom stereocenters. The first-order chi connectivity index (χ1) is 39.6. The van der Waals surface area contributed by atoms with E-state index in [4.69, 9.17) is 0 Å². The zero-order valence-electron chi connectivity index (χ0n) is 45.8. The fourth-order valence-electron chi connectivity index (χ4n) is 15.3. The maximum Gasteiger partial charge on any atom is 0.0548 e. The molecular formula is C74H72N6. The number of para-hydroxylation sites is 2. The number of aromatic nitrogens is 2. The average Bonchev–Trinajstić information content (AvgIpc) is 4.25. The van der Waals surface area contributed by atoms with Crippen LogP contribution < -0.4 is 21.3 Å². The maximum atomic E-state index is 4.04. The SMILES string of the molecule is c1ccc(C2CCNC(c3cc(C4CC(c5ccccc5)CCN4)cc(-n4c5ccccc5c5c6c7ccccc7n(-c7cc(C8CC(c9ccccc9)CCN8)cc(C8CC(c9ccccc9)CCN8)c7)c6ccc54)c3)C2)cc1. The molecule has 6 nitrogen and oxygen atoms in total. The van der Waals surface area contributed by atoms with Gasteiger partial charge in [-0.1, -0.05) is 170 Å². The topological polar surface area (TPSA) is 58.0 Å². The zero-order valence-corrected chi connectivity index (χ0v) is 45.8. The lowest BCUT2D eigenvalue weighted by Crippen LogP contribution is -2.32. The van der Waals surface area contributed by atoms with E-state index >= 15 is 0 Å². The highest BCUT2D eigenvalue weighted by Crippen LogP contribution is 2.46. The van der Waals surface area contributed by atoms with Crippen molar-refractivity contribution in [1.82, 2.24) is 30.4 Å². The summed E-state index contributed by atoms with van der Waals surface area (Å²) >= 11 is 0. The Morgan fingerprint density at radius 1 is 0.263 bits per heavy atom. The summed E-state index contributed by atoms with van der Waals surface area (Å²) in [6.45, 7) is 4.00. The molecule has 4 fully saturated rings. The van der Waals surface area contributed by atoms with E-state index in [0.29, 0.717) is 23.7 Å². The molecule has 6 heterocycles. The van der Waals surface area contributed by atoms with Crippen molar-refractivity contribution in [2.75, 3.05) is 26.2 Å². The summed E-state index contributed by atoms with van der Waals surface area (Å²) in [6.07, 6.45) is 8.89. The molecule has 4 aliphatic heterocycles. The van der Waals surface area contributed by atoms with E-state index in [2.05, 4.69) is 249 Å². The molecule has 0 aliphatic carbocycles. The van der Waals surface area contributed by atoms with Crippen molar-refractivity contribution in [2.45, 2.75) is 99.2 Å².